The molecule has 0 saturated carbocycles. The van der Waals surface area contributed by atoms with Gasteiger partial charge in [0.15, 0.2) is 0 Å². The maximum absolute atomic E-state index is 12.4. The number of carbonyl (C=O) groups excluding carboxylic acids is 1. The van der Waals surface area contributed by atoms with Crippen LogP contribution >= 0.6 is 0 Å². The highest BCUT2D eigenvalue weighted by Crippen LogP contribution is 2.24. The van der Waals surface area contributed by atoms with Crippen LogP contribution in [0.5, 0.6) is 0 Å². The molecule has 5 nitrogen and oxygen atoms in total. The normalized spacial score (nSPS) is 11.9. The topological polar surface area (TPSA) is 67.2 Å². The number of hydrogen-bond donors (Lipinski definition) is 2. The smallest absolute Gasteiger partial charge is 0.319 e. The van der Waals surface area contributed by atoms with Crippen molar-refractivity contribution in [2.24, 2.45) is 0 Å². The lowest BCUT2D eigenvalue weighted by Gasteiger charge is -2.15. The molecule has 0 bridgehead atoms. The Kier molecular flexibility index (Phi) is 5.60. The Morgan fingerprint density at radius 1 is 1.15 bits per heavy atom. The SMILES string of the molecule is CCc1ccc(C(C)NC(=O)Nc2cccc(-c3nc(C)c(C)o3)c2)cc1. The van der Waals surface area contributed by atoms with Crippen LogP contribution in [0.3, 0.4) is 0 Å². The van der Waals surface area contributed by atoms with E-state index >= 15 is 0 Å². The van der Waals surface area contributed by atoms with Gasteiger partial charge in [-0.05, 0) is 56.5 Å². The molecule has 0 spiro atoms. The number of hydrogen-bond acceptors (Lipinski definition) is 3. The molecule has 2 amide bonds. The molecule has 0 saturated heterocycles. The molecular weight excluding hydrogens is 338 g/mol. The van der Waals surface area contributed by atoms with E-state index in [2.05, 4.69) is 46.8 Å². The minimum atomic E-state index is -0.251. The molecule has 0 aliphatic rings. The first-order valence-electron chi connectivity index (χ1n) is 9.17. The van der Waals surface area contributed by atoms with Crippen LogP contribution < -0.4 is 10.6 Å². The number of rotatable bonds is 5. The number of nitrogens with one attached hydrogen (secondary N) is 2. The summed E-state index contributed by atoms with van der Waals surface area (Å²) in [4.78, 5) is 16.8. The van der Waals surface area contributed by atoms with E-state index in [1.807, 2.05) is 45.0 Å². The van der Waals surface area contributed by atoms with Crippen LogP contribution in [0.25, 0.3) is 11.5 Å². The molecular formula is C22H25N3O2. The summed E-state index contributed by atoms with van der Waals surface area (Å²) < 4.78 is 5.66. The van der Waals surface area contributed by atoms with Gasteiger partial charge in [0, 0.05) is 11.3 Å². The monoisotopic (exact) mass is 363 g/mol. The van der Waals surface area contributed by atoms with E-state index in [-0.39, 0.29) is 12.1 Å². The van der Waals surface area contributed by atoms with Gasteiger partial charge in [-0.25, -0.2) is 9.78 Å². The van der Waals surface area contributed by atoms with Gasteiger partial charge in [-0.2, -0.15) is 0 Å². The van der Waals surface area contributed by atoms with E-state index in [1.165, 1.54) is 5.56 Å². The van der Waals surface area contributed by atoms with Gasteiger partial charge >= 0.3 is 6.03 Å². The molecule has 3 aromatic rings. The number of urea groups is 1. The number of oxazole rings is 1. The van der Waals surface area contributed by atoms with Crippen molar-refractivity contribution in [1.82, 2.24) is 10.3 Å². The van der Waals surface area contributed by atoms with E-state index in [0.29, 0.717) is 11.6 Å². The van der Waals surface area contributed by atoms with Crippen LogP contribution in [-0.2, 0) is 6.42 Å². The third kappa shape index (κ3) is 4.56. The summed E-state index contributed by atoms with van der Waals surface area (Å²) in [5.41, 5.74) is 4.73. The molecule has 5 heteroatoms. The summed E-state index contributed by atoms with van der Waals surface area (Å²) in [6.07, 6.45) is 1.00. The van der Waals surface area contributed by atoms with E-state index in [9.17, 15) is 4.79 Å². The zero-order valence-corrected chi connectivity index (χ0v) is 16.2. The number of aromatic nitrogens is 1. The lowest BCUT2D eigenvalue weighted by molar-refractivity contribution is 0.249. The van der Waals surface area contributed by atoms with Crippen molar-refractivity contribution in [2.45, 2.75) is 40.2 Å². The van der Waals surface area contributed by atoms with Crippen LogP contribution in [0, 0.1) is 13.8 Å². The van der Waals surface area contributed by atoms with Crippen molar-refractivity contribution in [1.29, 1.82) is 0 Å². The molecule has 140 valence electrons. The molecule has 0 aliphatic heterocycles. The van der Waals surface area contributed by atoms with Crippen LogP contribution in [0.15, 0.2) is 52.9 Å². The maximum Gasteiger partial charge on any atom is 0.319 e. The molecule has 3 rings (SSSR count). The van der Waals surface area contributed by atoms with Gasteiger partial charge in [0.25, 0.3) is 0 Å². The first-order chi connectivity index (χ1) is 13.0. The van der Waals surface area contributed by atoms with Crippen LogP contribution in [-0.4, -0.2) is 11.0 Å². The Morgan fingerprint density at radius 2 is 1.89 bits per heavy atom. The number of nitrogens with zero attached hydrogens (tertiary/aromatic N) is 1. The largest absolute Gasteiger partial charge is 0.441 e. The highest BCUT2D eigenvalue weighted by Gasteiger charge is 2.12. The van der Waals surface area contributed by atoms with Gasteiger partial charge in [-0.1, -0.05) is 37.3 Å². The molecule has 2 aromatic carbocycles. The Morgan fingerprint density at radius 3 is 2.52 bits per heavy atom. The second-order valence-corrected chi connectivity index (χ2v) is 6.66. The zero-order chi connectivity index (χ0) is 19.4. The highest BCUT2D eigenvalue weighted by atomic mass is 16.4. The minimum absolute atomic E-state index is 0.0869. The second kappa shape index (κ2) is 8.08. The third-order valence-electron chi connectivity index (χ3n) is 4.63. The minimum Gasteiger partial charge on any atom is -0.441 e. The lowest BCUT2D eigenvalue weighted by atomic mass is 10.1. The van der Waals surface area contributed by atoms with E-state index < -0.39 is 0 Å². The second-order valence-electron chi connectivity index (χ2n) is 6.66. The molecule has 1 aromatic heterocycles. The van der Waals surface area contributed by atoms with Crippen molar-refractivity contribution in [3.8, 4) is 11.5 Å². The number of benzene rings is 2. The van der Waals surface area contributed by atoms with Crippen molar-refractivity contribution in [2.75, 3.05) is 5.32 Å². The number of anilines is 1. The van der Waals surface area contributed by atoms with Crippen LogP contribution in [0.1, 0.15) is 42.5 Å². The highest BCUT2D eigenvalue weighted by molar-refractivity contribution is 5.90. The molecule has 1 unspecified atom stereocenters. The first-order valence-corrected chi connectivity index (χ1v) is 9.17. The van der Waals surface area contributed by atoms with Gasteiger partial charge in [0.05, 0.1) is 11.7 Å². The predicted octanol–water partition coefficient (Wildman–Crippen LogP) is 5.40. The summed E-state index contributed by atoms with van der Waals surface area (Å²) in [6, 6.07) is 15.4. The number of carbonyl (C=O) groups is 1. The van der Waals surface area contributed by atoms with Crippen LogP contribution in [0.4, 0.5) is 10.5 Å². The first kappa shape index (κ1) is 18.7. The van der Waals surface area contributed by atoms with Crippen molar-refractivity contribution in [3.05, 3.63) is 71.1 Å². The fourth-order valence-corrected chi connectivity index (χ4v) is 2.82. The van der Waals surface area contributed by atoms with E-state index in [0.717, 1.165) is 29.0 Å². The average molecular weight is 363 g/mol. The molecule has 2 N–H and O–H groups in total. The standard InChI is InChI=1S/C22H25N3O2/c1-5-17-9-11-18(12-10-17)15(3)24-22(26)25-20-8-6-7-19(13-20)21-23-14(2)16(4)27-21/h6-13,15H,5H2,1-4H3,(H2,24,25,26). The Labute approximate surface area is 159 Å². The zero-order valence-electron chi connectivity index (χ0n) is 16.2. The van der Waals surface area contributed by atoms with Crippen LogP contribution in [0.2, 0.25) is 0 Å². The fraction of sp³-hybridized carbons (Fsp3) is 0.273. The average Bonchev–Trinajstić information content (AvgIpc) is 3.00. The van der Waals surface area contributed by atoms with Crippen molar-refractivity contribution >= 4 is 11.7 Å². The predicted molar refractivity (Wildman–Crippen MR) is 108 cm³/mol. The Bertz CT molecular complexity index is 909. The maximum atomic E-state index is 12.4. The van der Waals surface area contributed by atoms with Gasteiger partial charge in [0.1, 0.15) is 5.76 Å². The van der Waals surface area contributed by atoms with Gasteiger partial charge in [0.2, 0.25) is 5.89 Å². The van der Waals surface area contributed by atoms with Crippen molar-refractivity contribution in [3.63, 3.8) is 0 Å². The lowest BCUT2D eigenvalue weighted by Crippen LogP contribution is -2.31. The summed E-state index contributed by atoms with van der Waals surface area (Å²) in [6.45, 7) is 7.89. The quantitative estimate of drug-likeness (QED) is 0.637. The van der Waals surface area contributed by atoms with Gasteiger partial charge in [-0.3, -0.25) is 0 Å². The molecule has 0 radical (unpaired) electrons. The molecule has 1 heterocycles. The van der Waals surface area contributed by atoms with E-state index in [4.69, 9.17) is 4.42 Å². The van der Waals surface area contributed by atoms with Gasteiger partial charge in [-0.15, -0.1) is 0 Å². The van der Waals surface area contributed by atoms with Gasteiger partial charge < -0.3 is 15.1 Å². The molecule has 0 fully saturated rings. The number of amides is 2. The Hall–Kier alpha value is -3.08. The summed E-state index contributed by atoms with van der Waals surface area (Å²) in [7, 11) is 0. The summed E-state index contributed by atoms with van der Waals surface area (Å²) >= 11 is 0. The summed E-state index contributed by atoms with van der Waals surface area (Å²) in [5, 5.41) is 5.84. The molecule has 0 aliphatic carbocycles. The molecule has 1 atom stereocenters. The summed E-state index contributed by atoms with van der Waals surface area (Å²) in [5.74, 6) is 1.35. The molecule has 27 heavy (non-hydrogen) atoms. The Balaban J connectivity index is 1.66. The number of aryl methyl sites for hydroxylation is 3. The third-order valence-corrected chi connectivity index (χ3v) is 4.63. The van der Waals surface area contributed by atoms with E-state index in [1.54, 1.807) is 0 Å². The fourth-order valence-electron chi connectivity index (χ4n) is 2.82. The van der Waals surface area contributed by atoms with Crippen molar-refractivity contribution < 1.29 is 9.21 Å².